The number of hydrogen-bond acceptors (Lipinski definition) is 2. The average Bonchev–Trinajstić information content (AvgIpc) is 2.98. The van der Waals surface area contributed by atoms with E-state index in [0.717, 1.165) is 37.4 Å². The highest BCUT2D eigenvalue weighted by atomic mass is 31.2. The Morgan fingerprint density at radius 2 is 1.26 bits per heavy atom. The van der Waals surface area contributed by atoms with E-state index >= 15 is 0 Å². The van der Waals surface area contributed by atoms with Crippen molar-refractivity contribution in [1.82, 2.24) is 0 Å². The van der Waals surface area contributed by atoms with Crippen LogP contribution >= 0.6 is 7.26 Å². The van der Waals surface area contributed by atoms with Gasteiger partial charge in [0.05, 0.1) is 18.7 Å². The standard InChI is InChI=1S/C39H48O2P/c1-29(2)27-34-17-19-35(20-18-34)33(6)39(40)41-25-8-7-9-26-42(36-21-13-30(3)14-22-36,37-23-15-31(4)16-24-37)38-12-10-11-32(5)28-38/h10-24,28-29,33H,7-9,25-27H2,1-6H3/q+1. The fraction of sp³-hybridized carbons (Fsp3) is 0.359. The molecule has 4 rings (SSSR count). The smallest absolute Gasteiger partial charge is 0.313 e. The Hall–Kier alpha value is -3.22. The molecule has 0 radical (unpaired) electrons. The largest absolute Gasteiger partial charge is 0.465 e. The SMILES string of the molecule is Cc1ccc([P+](CCCCCOC(=O)C(C)c2ccc(CC(C)C)cc2)(c2ccc(C)cc2)c2cccc(C)c2)cc1. The van der Waals surface area contributed by atoms with Crippen LogP contribution in [0.1, 0.15) is 73.8 Å². The fourth-order valence-corrected chi connectivity index (χ4v) is 10.2. The summed E-state index contributed by atoms with van der Waals surface area (Å²) in [4.78, 5) is 12.8. The molecule has 0 spiro atoms. The summed E-state index contributed by atoms with van der Waals surface area (Å²) >= 11 is 0. The maximum absolute atomic E-state index is 12.8. The van der Waals surface area contributed by atoms with Crippen molar-refractivity contribution in [3.05, 3.63) is 125 Å². The third-order valence-corrected chi connectivity index (χ3v) is 12.8. The number of unbranched alkanes of at least 4 members (excludes halogenated alkanes) is 2. The Morgan fingerprint density at radius 1 is 0.667 bits per heavy atom. The van der Waals surface area contributed by atoms with Crippen LogP contribution in [0.5, 0.6) is 0 Å². The second-order valence-corrected chi connectivity index (χ2v) is 15.9. The molecule has 4 aromatic carbocycles. The van der Waals surface area contributed by atoms with Crippen LogP contribution in [0.2, 0.25) is 0 Å². The minimum absolute atomic E-state index is 0.132. The van der Waals surface area contributed by atoms with Crippen LogP contribution < -0.4 is 15.9 Å². The van der Waals surface area contributed by atoms with Crippen molar-refractivity contribution in [3.8, 4) is 0 Å². The molecule has 42 heavy (non-hydrogen) atoms. The molecular formula is C39H48O2P+. The highest BCUT2D eigenvalue weighted by Crippen LogP contribution is 2.56. The first-order valence-corrected chi connectivity index (χ1v) is 17.5. The predicted molar refractivity (Wildman–Crippen MR) is 182 cm³/mol. The minimum Gasteiger partial charge on any atom is -0.465 e. The summed E-state index contributed by atoms with van der Waals surface area (Å²) in [5.74, 6) is 0.240. The van der Waals surface area contributed by atoms with Gasteiger partial charge in [-0.3, -0.25) is 4.79 Å². The lowest BCUT2D eigenvalue weighted by Crippen LogP contribution is -2.33. The Bertz CT molecular complexity index is 1370. The summed E-state index contributed by atoms with van der Waals surface area (Å²) in [5, 5.41) is 4.30. The van der Waals surface area contributed by atoms with Gasteiger partial charge in [0.2, 0.25) is 0 Å². The topological polar surface area (TPSA) is 26.3 Å². The molecule has 0 saturated carbocycles. The minimum atomic E-state index is -1.86. The molecule has 1 unspecified atom stereocenters. The van der Waals surface area contributed by atoms with Crippen LogP contribution in [-0.2, 0) is 16.0 Å². The summed E-state index contributed by atoms with van der Waals surface area (Å²) in [6.45, 7) is 13.4. The molecule has 0 bridgehead atoms. The highest BCUT2D eigenvalue weighted by molar-refractivity contribution is 7.95. The molecule has 220 valence electrons. The Balaban J connectivity index is 1.44. The van der Waals surface area contributed by atoms with Gasteiger partial charge in [-0.2, -0.15) is 0 Å². The molecule has 2 nitrogen and oxygen atoms in total. The molecule has 0 aliphatic heterocycles. The Labute approximate surface area is 254 Å². The molecule has 4 aromatic rings. The van der Waals surface area contributed by atoms with E-state index in [1.54, 1.807) is 0 Å². The van der Waals surface area contributed by atoms with Crippen molar-refractivity contribution in [2.24, 2.45) is 5.92 Å². The molecule has 0 aliphatic rings. The van der Waals surface area contributed by atoms with Crippen molar-refractivity contribution in [2.75, 3.05) is 12.8 Å². The van der Waals surface area contributed by atoms with Crippen molar-refractivity contribution in [3.63, 3.8) is 0 Å². The molecule has 0 N–H and O–H groups in total. The third kappa shape index (κ3) is 7.99. The number of benzene rings is 4. The zero-order valence-electron chi connectivity index (χ0n) is 26.4. The third-order valence-electron chi connectivity index (χ3n) is 8.25. The van der Waals surface area contributed by atoms with Crippen LogP contribution in [0.15, 0.2) is 97.1 Å². The average molecular weight is 580 g/mol. The van der Waals surface area contributed by atoms with Crippen molar-refractivity contribution < 1.29 is 9.53 Å². The number of esters is 1. The van der Waals surface area contributed by atoms with Gasteiger partial charge < -0.3 is 4.74 Å². The lowest BCUT2D eigenvalue weighted by molar-refractivity contribution is -0.145. The molecule has 0 amide bonds. The van der Waals surface area contributed by atoms with E-state index in [2.05, 4.69) is 132 Å². The lowest BCUT2D eigenvalue weighted by Gasteiger charge is -2.28. The van der Waals surface area contributed by atoms with E-state index in [9.17, 15) is 4.79 Å². The molecular weight excluding hydrogens is 531 g/mol. The predicted octanol–water partition coefficient (Wildman–Crippen LogP) is 8.62. The van der Waals surface area contributed by atoms with E-state index in [-0.39, 0.29) is 11.9 Å². The van der Waals surface area contributed by atoms with E-state index in [1.807, 2.05) is 6.92 Å². The molecule has 1 atom stereocenters. The summed E-state index contributed by atoms with van der Waals surface area (Å²) < 4.78 is 5.75. The molecule has 0 heterocycles. The molecule has 0 aliphatic carbocycles. The summed E-state index contributed by atoms with van der Waals surface area (Å²) in [6.07, 6.45) is 5.13. The summed E-state index contributed by atoms with van der Waals surface area (Å²) in [5.41, 5.74) is 6.21. The first-order chi connectivity index (χ1) is 20.2. The van der Waals surface area contributed by atoms with E-state index < -0.39 is 7.26 Å². The van der Waals surface area contributed by atoms with Gasteiger partial charge in [-0.1, -0.05) is 85.6 Å². The molecule has 0 saturated heterocycles. The van der Waals surface area contributed by atoms with E-state index in [4.69, 9.17) is 4.74 Å². The monoisotopic (exact) mass is 579 g/mol. The quantitative estimate of drug-likeness (QED) is 0.0900. The number of aryl methyl sites for hydroxylation is 3. The normalized spacial score (nSPS) is 12.4. The van der Waals surface area contributed by atoms with Crippen molar-refractivity contribution in [1.29, 1.82) is 0 Å². The van der Waals surface area contributed by atoms with Gasteiger partial charge in [-0.25, -0.2) is 0 Å². The van der Waals surface area contributed by atoms with Crippen LogP contribution in [0.25, 0.3) is 0 Å². The first kappa shape index (κ1) is 31.7. The maximum Gasteiger partial charge on any atom is 0.313 e. The van der Waals surface area contributed by atoms with Crippen LogP contribution in [-0.4, -0.2) is 18.7 Å². The van der Waals surface area contributed by atoms with Gasteiger partial charge in [-0.15, -0.1) is 0 Å². The molecule has 0 aromatic heterocycles. The van der Waals surface area contributed by atoms with Gasteiger partial charge in [-0.05, 0) is 112 Å². The van der Waals surface area contributed by atoms with Crippen molar-refractivity contribution >= 4 is 29.1 Å². The number of carbonyl (C=O) groups excluding carboxylic acids is 1. The van der Waals surface area contributed by atoms with Crippen molar-refractivity contribution in [2.45, 2.75) is 73.1 Å². The van der Waals surface area contributed by atoms with Gasteiger partial charge in [0, 0.05) is 0 Å². The van der Waals surface area contributed by atoms with Crippen LogP contribution in [0, 0.1) is 26.7 Å². The number of hydrogen-bond donors (Lipinski definition) is 0. The van der Waals surface area contributed by atoms with E-state index in [1.165, 1.54) is 38.2 Å². The van der Waals surface area contributed by atoms with Gasteiger partial charge in [0.15, 0.2) is 0 Å². The van der Waals surface area contributed by atoms with Gasteiger partial charge >= 0.3 is 5.97 Å². The first-order valence-electron chi connectivity index (χ1n) is 15.5. The number of carbonyl (C=O) groups is 1. The van der Waals surface area contributed by atoms with Crippen LogP contribution in [0.3, 0.4) is 0 Å². The second-order valence-electron chi connectivity index (χ2n) is 12.3. The number of rotatable bonds is 13. The van der Waals surface area contributed by atoms with Gasteiger partial charge in [0.25, 0.3) is 0 Å². The second kappa shape index (κ2) is 14.8. The van der Waals surface area contributed by atoms with Crippen LogP contribution in [0.4, 0.5) is 0 Å². The zero-order chi connectivity index (χ0) is 30.1. The number of ether oxygens (including phenoxy) is 1. The Kier molecular flexibility index (Phi) is 11.2. The van der Waals surface area contributed by atoms with Gasteiger partial charge in [0.1, 0.15) is 23.2 Å². The lowest BCUT2D eigenvalue weighted by atomic mass is 9.97. The zero-order valence-corrected chi connectivity index (χ0v) is 27.3. The highest BCUT2D eigenvalue weighted by Gasteiger charge is 2.44. The molecule has 0 fully saturated rings. The summed E-state index contributed by atoms with van der Waals surface area (Å²) in [7, 11) is -1.86. The fourth-order valence-electron chi connectivity index (χ4n) is 5.77. The summed E-state index contributed by atoms with van der Waals surface area (Å²) in [6, 6.07) is 36.0. The molecule has 3 heteroatoms. The maximum atomic E-state index is 12.8. The van der Waals surface area contributed by atoms with E-state index in [0.29, 0.717) is 12.5 Å². The Morgan fingerprint density at radius 3 is 1.81 bits per heavy atom.